The zero-order valence-corrected chi connectivity index (χ0v) is 17.3. The van der Waals surface area contributed by atoms with Crippen molar-refractivity contribution in [2.24, 2.45) is 0 Å². The number of sulfonamides is 1. The lowest BCUT2D eigenvalue weighted by Crippen LogP contribution is -2.38. The maximum Gasteiger partial charge on any atom is 0.251 e. The van der Waals surface area contributed by atoms with Crippen LogP contribution in [0.15, 0.2) is 66.2 Å². The third-order valence-corrected chi connectivity index (χ3v) is 7.19. The van der Waals surface area contributed by atoms with Crippen LogP contribution in [-0.2, 0) is 10.0 Å². The number of fused-ring (bicyclic) bond motifs is 1. The summed E-state index contributed by atoms with van der Waals surface area (Å²) in [6, 6.07) is 11.9. The quantitative estimate of drug-likeness (QED) is 0.611. The summed E-state index contributed by atoms with van der Waals surface area (Å²) in [5, 5.41) is 11.2. The minimum Gasteiger partial charge on any atom is -0.349 e. The van der Waals surface area contributed by atoms with E-state index >= 15 is 0 Å². The van der Waals surface area contributed by atoms with E-state index in [0.717, 1.165) is 11.5 Å². The van der Waals surface area contributed by atoms with Gasteiger partial charge in [-0.2, -0.15) is 4.31 Å². The molecule has 1 aliphatic heterocycles. The third-order valence-electron chi connectivity index (χ3n) is 5.30. The molecule has 156 valence electrons. The highest BCUT2D eigenvalue weighted by Gasteiger charge is 2.32. The molecule has 2 aromatic heterocycles. The van der Waals surface area contributed by atoms with E-state index in [9.17, 15) is 13.2 Å². The first-order valence-corrected chi connectivity index (χ1v) is 11.2. The topological polar surface area (TPSA) is 96.7 Å². The van der Waals surface area contributed by atoms with Crippen LogP contribution in [0, 0.1) is 0 Å². The second-order valence-electron chi connectivity index (χ2n) is 7.19. The van der Waals surface area contributed by atoms with Crippen LogP contribution < -0.4 is 5.32 Å². The van der Waals surface area contributed by atoms with E-state index in [1.165, 1.54) is 16.4 Å². The first kappa shape index (κ1) is 20.2. The van der Waals surface area contributed by atoms with Gasteiger partial charge in [0.2, 0.25) is 10.0 Å². The molecular formula is C21H23N5O3S. The third kappa shape index (κ3) is 3.86. The smallest absolute Gasteiger partial charge is 0.251 e. The molecule has 0 unspecified atom stereocenters. The second kappa shape index (κ2) is 8.37. The van der Waals surface area contributed by atoms with Crippen LogP contribution in [0.5, 0.6) is 0 Å². The normalized spacial score (nSPS) is 15.9. The van der Waals surface area contributed by atoms with Crippen molar-refractivity contribution >= 4 is 21.6 Å². The van der Waals surface area contributed by atoms with Gasteiger partial charge in [-0.25, -0.2) is 8.42 Å². The molecule has 1 aliphatic rings. The van der Waals surface area contributed by atoms with Crippen LogP contribution in [0.1, 0.15) is 34.9 Å². The summed E-state index contributed by atoms with van der Waals surface area (Å²) >= 11 is 0. The molecule has 0 bridgehead atoms. The molecule has 9 heteroatoms. The Morgan fingerprint density at radius 3 is 2.73 bits per heavy atom. The standard InChI is InChI=1S/C21H23N5O3S/c1-2-11-22-21(27)17-6-5-7-18(15-17)30(28,29)25-13-9-16(10-14-25)20-24-23-19-8-3-4-12-26(19)20/h2-8,12,15-16H,1,9-11,13-14H2,(H,22,27). The van der Waals surface area contributed by atoms with Gasteiger partial charge in [-0.15, -0.1) is 16.8 Å². The number of hydrogen-bond acceptors (Lipinski definition) is 5. The van der Waals surface area contributed by atoms with E-state index in [1.54, 1.807) is 18.2 Å². The van der Waals surface area contributed by atoms with Crippen LogP contribution >= 0.6 is 0 Å². The lowest BCUT2D eigenvalue weighted by atomic mass is 9.97. The second-order valence-corrected chi connectivity index (χ2v) is 9.13. The maximum atomic E-state index is 13.1. The first-order valence-electron chi connectivity index (χ1n) is 9.79. The molecule has 0 spiro atoms. The van der Waals surface area contributed by atoms with Crippen LogP contribution in [0.3, 0.4) is 0 Å². The van der Waals surface area contributed by atoms with Gasteiger partial charge < -0.3 is 5.32 Å². The van der Waals surface area contributed by atoms with Gasteiger partial charge in [-0.05, 0) is 43.2 Å². The number of piperidine rings is 1. The number of pyridine rings is 1. The SMILES string of the molecule is C=CCNC(=O)c1cccc(S(=O)(=O)N2CCC(c3nnc4ccccn34)CC2)c1. The van der Waals surface area contributed by atoms with E-state index in [2.05, 4.69) is 22.1 Å². The number of carbonyl (C=O) groups is 1. The van der Waals surface area contributed by atoms with Crippen LogP contribution in [0.25, 0.3) is 5.65 Å². The van der Waals surface area contributed by atoms with Gasteiger partial charge in [-0.3, -0.25) is 9.20 Å². The molecule has 0 atom stereocenters. The zero-order valence-electron chi connectivity index (χ0n) is 16.4. The molecule has 30 heavy (non-hydrogen) atoms. The fraction of sp³-hybridized carbons (Fsp3) is 0.286. The lowest BCUT2D eigenvalue weighted by molar-refractivity contribution is 0.0958. The van der Waals surface area contributed by atoms with Gasteiger partial charge in [0.15, 0.2) is 5.65 Å². The van der Waals surface area contributed by atoms with Crippen molar-refractivity contribution in [1.82, 2.24) is 24.2 Å². The Morgan fingerprint density at radius 2 is 1.97 bits per heavy atom. The summed E-state index contributed by atoms with van der Waals surface area (Å²) in [7, 11) is -3.68. The number of nitrogens with zero attached hydrogens (tertiary/aromatic N) is 4. The maximum absolute atomic E-state index is 13.1. The van der Waals surface area contributed by atoms with E-state index in [1.807, 2.05) is 28.8 Å². The average molecular weight is 426 g/mol. The number of carbonyl (C=O) groups excluding carboxylic acids is 1. The van der Waals surface area contributed by atoms with Gasteiger partial charge in [0, 0.05) is 37.3 Å². The van der Waals surface area contributed by atoms with Gasteiger partial charge in [0.1, 0.15) is 5.82 Å². The Hall–Kier alpha value is -3.04. The van der Waals surface area contributed by atoms with E-state index in [-0.39, 0.29) is 16.7 Å². The van der Waals surface area contributed by atoms with Gasteiger partial charge in [0.25, 0.3) is 5.91 Å². The predicted octanol–water partition coefficient (Wildman–Crippen LogP) is 2.21. The molecule has 0 saturated carbocycles. The van der Waals surface area contributed by atoms with Crippen LogP contribution in [-0.4, -0.2) is 52.9 Å². The minimum absolute atomic E-state index is 0.125. The molecule has 3 aromatic rings. The number of amides is 1. The predicted molar refractivity (Wildman–Crippen MR) is 113 cm³/mol. The van der Waals surface area contributed by atoms with Gasteiger partial charge in [0.05, 0.1) is 4.90 Å². The highest BCUT2D eigenvalue weighted by molar-refractivity contribution is 7.89. The molecule has 1 aromatic carbocycles. The summed E-state index contributed by atoms with van der Waals surface area (Å²) < 4.78 is 29.7. The molecule has 1 saturated heterocycles. The Morgan fingerprint density at radius 1 is 1.17 bits per heavy atom. The molecule has 0 aliphatic carbocycles. The molecule has 0 radical (unpaired) electrons. The van der Waals surface area contributed by atoms with E-state index < -0.39 is 10.0 Å². The van der Waals surface area contributed by atoms with Crippen molar-refractivity contribution in [2.75, 3.05) is 19.6 Å². The Bertz CT molecular complexity index is 1180. The molecule has 3 heterocycles. The Labute approximate surface area is 175 Å². The molecule has 4 rings (SSSR count). The number of rotatable bonds is 6. The number of nitrogens with one attached hydrogen (secondary N) is 1. The van der Waals surface area contributed by atoms with Crippen LogP contribution in [0.4, 0.5) is 0 Å². The van der Waals surface area contributed by atoms with Gasteiger partial charge in [-0.1, -0.05) is 18.2 Å². The molecule has 1 amide bonds. The zero-order chi connectivity index (χ0) is 21.1. The summed E-state index contributed by atoms with van der Waals surface area (Å²) in [6.07, 6.45) is 4.82. The van der Waals surface area contributed by atoms with E-state index in [0.29, 0.717) is 38.0 Å². The highest BCUT2D eigenvalue weighted by Crippen LogP contribution is 2.30. The molecule has 8 nitrogen and oxygen atoms in total. The van der Waals surface area contributed by atoms with Gasteiger partial charge >= 0.3 is 0 Å². The highest BCUT2D eigenvalue weighted by atomic mass is 32.2. The lowest BCUT2D eigenvalue weighted by Gasteiger charge is -2.30. The fourth-order valence-corrected chi connectivity index (χ4v) is 5.22. The average Bonchev–Trinajstić information content (AvgIpc) is 3.22. The fourth-order valence-electron chi connectivity index (χ4n) is 3.71. The summed E-state index contributed by atoms with van der Waals surface area (Å²) in [5.41, 5.74) is 1.09. The van der Waals surface area contributed by atoms with Crippen molar-refractivity contribution in [2.45, 2.75) is 23.7 Å². The van der Waals surface area contributed by atoms with Crippen LogP contribution in [0.2, 0.25) is 0 Å². The Kier molecular flexibility index (Phi) is 5.65. The molecule has 1 N–H and O–H groups in total. The molecular weight excluding hydrogens is 402 g/mol. The first-order chi connectivity index (χ1) is 14.5. The van der Waals surface area contributed by atoms with Crippen molar-refractivity contribution in [3.63, 3.8) is 0 Å². The summed E-state index contributed by atoms with van der Waals surface area (Å²) in [4.78, 5) is 12.3. The summed E-state index contributed by atoms with van der Waals surface area (Å²) in [6.45, 7) is 4.66. The van der Waals surface area contributed by atoms with Crippen molar-refractivity contribution in [1.29, 1.82) is 0 Å². The number of benzene rings is 1. The van der Waals surface area contributed by atoms with E-state index in [4.69, 9.17) is 0 Å². The minimum atomic E-state index is -3.68. The van der Waals surface area contributed by atoms with Crippen molar-refractivity contribution < 1.29 is 13.2 Å². The van der Waals surface area contributed by atoms with Crippen molar-refractivity contribution in [3.8, 4) is 0 Å². The number of aromatic nitrogens is 3. The largest absolute Gasteiger partial charge is 0.349 e. The Balaban J connectivity index is 1.49. The molecule has 1 fully saturated rings. The monoisotopic (exact) mass is 425 g/mol. The summed E-state index contributed by atoms with van der Waals surface area (Å²) in [5.74, 6) is 0.678. The van der Waals surface area contributed by atoms with Crippen molar-refractivity contribution in [3.05, 3.63) is 72.7 Å². The number of hydrogen-bond donors (Lipinski definition) is 1.